The van der Waals surface area contributed by atoms with Crippen LogP contribution in [-0.4, -0.2) is 21.3 Å². The third-order valence-corrected chi connectivity index (χ3v) is 7.57. The molecule has 4 rings (SSSR count). The van der Waals surface area contributed by atoms with Crippen molar-refractivity contribution in [2.24, 2.45) is 0 Å². The van der Waals surface area contributed by atoms with E-state index >= 15 is 0 Å². The minimum Gasteiger partial charge on any atom is -0.497 e. The molecule has 0 aliphatic heterocycles. The number of methoxy groups -OCH3 is 3. The van der Waals surface area contributed by atoms with E-state index < -0.39 is 0 Å². The van der Waals surface area contributed by atoms with Crippen LogP contribution in [0.3, 0.4) is 0 Å². The molecule has 0 radical (unpaired) electrons. The number of benzene rings is 4. The van der Waals surface area contributed by atoms with Gasteiger partial charge in [0, 0.05) is 29.4 Å². The minimum atomic E-state index is 0.855. The quantitative estimate of drug-likeness (QED) is 0.234. The summed E-state index contributed by atoms with van der Waals surface area (Å²) in [5, 5.41) is 0. The molecule has 168 valence electrons. The van der Waals surface area contributed by atoms with Gasteiger partial charge in [0.1, 0.15) is 17.2 Å². The molecular formula is C27H24O3S3. The Hall–Kier alpha value is -2.67. The molecule has 0 amide bonds. The van der Waals surface area contributed by atoms with Crippen molar-refractivity contribution >= 4 is 35.3 Å². The Labute approximate surface area is 207 Å². The lowest BCUT2D eigenvalue weighted by atomic mass is 10.3. The molecule has 0 spiro atoms. The lowest BCUT2D eigenvalue weighted by molar-refractivity contribution is 0.413. The second kappa shape index (κ2) is 11.5. The Morgan fingerprint density at radius 1 is 0.394 bits per heavy atom. The molecule has 0 bridgehead atoms. The zero-order valence-corrected chi connectivity index (χ0v) is 21.1. The summed E-state index contributed by atoms with van der Waals surface area (Å²) >= 11 is 5.18. The first kappa shape index (κ1) is 23.5. The Bertz CT molecular complexity index is 1060. The Kier molecular flexibility index (Phi) is 8.15. The molecule has 0 N–H and O–H groups in total. The van der Waals surface area contributed by atoms with Crippen LogP contribution in [0.5, 0.6) is 17.2 Å². The van der Waals surface area contributed by atoms with Crippen LogP contribution < -0.4 is 14.2 Å². The average Bonchev–Trinajstić information content (AvgIpc) is 2.84. The summed E-state index contributed by atoms with van der Waals surface area (Å²) in [7, 11) is 5.08. The van der Waals surface area contributed by atoms with Gasteiger partial charge in [-0.25, -0.2) is 0 Å². The SMILES string of the molecule is COc1cccc(Sc2cc(Sc3cccc(OC)c3)cc(Sc3cccc(OC)c3)c2)c1. The van der Waals surface area contributed by atoms with Crippen molar-refractivity contribution in [1.82, 2.24) is 0 Å². The molecule has 0 atom stereocenters. The van der Waals surface area contributed by atoms with Gasteiger partial charge in [0.25, 0.3) is 0 Å². The fourth-order valence-corrected chi connectivity index (χ4v) is 6.25. The van der Waals surface area contributed by atoms with E-state index in [1.165, 1.54) is 14.7 Å². The lowest BCUT2D eigenvalue weighted by Crippen LogP contribution is -1.85. The molecule has 4 aromatic carbocycles. The van der Waals surface area contributed by atoms with Gasteiger partial charge >= 0.3 is 0 Å². The molecule has 4 aromatic rings. The van der Waals surface area contributed by atoms with Crippen LogP contribution in [0.4, 0.5) is 0 Å². The van der Waals surface area contributed by atoms with E-state index in [1.54, 1.807) is 56.6 Å². The van der Waals surface area contributed by atoms with E-state index in [0.29, 0.717) is 0 Å². The third kappa shape index (κ3) is 6.67. The number of ether oxygens (including phenoxy) is 3. The van der Waals surface area contributed by atoms with Crippen LogP contribution in [0.1, 0.15) is 0 Å². The molecule has 0 fully saturated rings. The van der Waals surface area contributed by atoms with Crippen molar-refractivity contribution in [3.8, 4) is 17.2 Å². The summed E-state index contributed by atoms with van der Waals surface area (Å²) in [5.41, 5.74) is 0. The van der Waals surface area contributed by atoms with Gasteiger partial charge in [-0.1, -0.05) is 53.5 Å². The van der Waals surface area contributed by atoms with Crippen molar-refractivity contribution in [3.05, 3.63) is 91.0 Å². The monoisotopic (exact) mass is 492 g/mol. The second-order valence-electron chi connectivity index (χ2n) is 6.98. The average molecular weight is 493 g/mol. The summed E-state index contributed by atoms with van der Waals surface area (Å²) in [6.07, 6.45) is 0. The van der Waals surface area contributed by atoms with Crippen LogP contribution in [0.25, 0.3) is 0 Å². The molecule has 33 heavy (non-hydrogen) atoms. The summed E-state index contributed by atoms with van der Waals surface area (Å²) in [6, 6.07) is 31.1. The van der Waals surface area contributed by atoms with Crippen molar-refractivity contribution in [2.75, 3.05) is 21.3 Å². The Morgan fingerprint density at radius 2 is 0.697 bits per heavy atom. The fourth-order valence-electron chi connectivity index (χ4n) is 3.12. The van der Waals surface area contributed by atoms with E-state index in [4.69, 9.17) is 14.2 Å². The standard InChI is InChI=1S/C27H24O3S3/c1-28-19-7-4-10-22(13-19)31-25-16-26(32-23-11-5-8-20(14-23)29-2)18-27(17-25)33-24-12-6-9-21(15-24)30-3/h4-18H,1-3H3. The van der Waals surface area contributed by atoms with Gasteiger partial charge in [0.2, 0.25) is 0 Å². The maximum absolute atomic E-state index is 5.40. The zero-order valence-electron chi connectivity index (χ0n) is 18.6. The molecule has 0 aromatic heterocycles. The molecule has 6 heteroatoms. The Balaban J connectivity index is 1.66. The number of hydrogen-bond acceptors (Lipinski definition) is 6. The summed E-state index contributed by atoms with van der Waals surface area (Å²) in [4.78, 5) is 6.91. The lowest BCUT2D eigenvalue weighted by Gasteiger charge is -2.11. The van der Waals surface area contributed by atoms with Crippen LogP contribution >= 0.6 is 35.3 Å². The smallest absolute Gasteiger partial charge is 0.119 e. The van der Waals surface area contributed by atoms with Crippen molar-refractivity contribution in [3.63, 3.8) is 0 Å². The van der Waals surface area contributed by atoms with E-state index in [-0.39, 0.29) is 0 Å². The molecule has 0 heterocycles. The summed E-state index contributed by atoms with van der Waals surface area (Å²) in [5.74, 6) is 2.56. The molecule has 0 unspecified atom stereocenters. The zero-order chi connectivity index (χ0) is 23.0. The predicted octanol–water partition coefficient (Wildman–Crippen LogP) is 8.17. The highest BCUT2D eigenvalue weighted by atomic mass is 32.2. The highest BCUT2D eigenvalue weighted by molar-refractivity contribution is 8.01. The van der Waals surface area contributed by atoms with Crippen LogP contribution in [0.15, 0.2) is 120 Å². The van der Waals surface area contributed by atoms with Gasteiger partial charge in [0.15, 0.2) is 0 Å². The maximum atomic E-state index is 5.40. The van der Waals surface area contributed by atoms with Gasteiger partial charge in [0.05, 0.1) is 21.3 Å². The predicted molar refractivity (Wildman–Crippen MR) is 138 cm³/mol. The summed E-state index contributed by atoms with van der Waals surface area (Å²) in [6.45, 7) is 0. The normalized spacial score (nSPS) is 10.6. The maximum Gasteiger partial charge on any atom is 0.119 e. The molecule has 0 aliphatic rings. The van der Waals surface area contributed by atoms with Crippen molar-refractivity contribution in [2.45, 2.75) is 29.4 Å². The van der Waals surface area contributed by atoms with Crippen LogP contribution in [0.2, 0.25) is 0 Å². The van der Waals surface area contributed by atoms with Gasteiger partial charge in [-0.05, 0) is 72.8 Å². The van der Waals surface area contributed by atoms with E-state index in [9.17, 15) is 0 Å². The second-order valence-corrected chi connectivity index (χ2v) is 10.4. The Morgan fingerprint density at radius 3 is 0.970 bits per heavy atom. The number of rotatable bonds is 9. The van der Waals surface area contributed by atoms with E-state index in [1.807, 2.05) is 36.4 Å². The molecule has 0 aliphatic carbocycles. The van der Waals surface area contributed by atoms with Crippen molar-refractivity contribution < 1.29 is 14.2 Å². The molecule has 0 saturated carbocycles. The van der Waals surface area contributed by atoms with Crippen molar-refractivity contribution in [1.29, 1.82) is 0 Å². The molecule has 0 saturated heterocycles. The van der Waals surface area contributed by atoms with Gasteiger partial charge in [-0.15, -0.1) is 0 Å². The topological polar surface area (TPSA) is 27.7 Å². The highest BCUT2D eigenvalue weighted by Gasteiger charge is 2.09. The minimum absolute atomic E-state index is 0.855. The molecular weight excluding hydrogens is 468 g/mol. The van der Waals surface area contributed by atoms with E-state index in [0.717, 1.165) is 31.9 Å². The van der Waals surface area contributed by atoms with Gasteiger partial charge in [-0.2, -0.15) is 0 Å². The third-order valence-electron chi connectivity index (χ3n) is 4.68. The highest BCUT2D eigenvalue weighted by Crippen LogP contribution is 2.40. The van der Waals surface area contributed by atoms with E-state index in [2.05, 4.69) is 54.6 Å². The fraction of sp³-hybridized carbons (Fsp3) is 0.111. The van der Waals surface area contributed by atoms with Gasteiger partial charge in [-0.3, -0.25) is 0 Å². The van der Waals surface area contributed by atoms with Crippen LogP contribution in [-0.2, 0) is 0 Å². The molecule has 3 nitrogen and oxygen atoms in total. The first-order valence-corrected chi connectivity index (χ1v) is 12.7. The summed E-state index contributed by atoms with van der Waals surface area (Å²) < 4.78 is 16.2. The van der Waals surface area contributed by atoms with Crippen LogP contribution in [0, 0.1) is 0 Å². The first-order valence-electron chi connectivity index (χ1n) is 10.3. The first-order chi connectivity index (χ1) is 16.1. The number of hydrogen-bond donors (Lipinski definition) is 0. The largest absolute Gasteiger partial charge is 0.497 e. The van der Waals surface area contributed by atoms with Gasteiger partial charge < -0.3 is 14.2 Å².